The largest absolute Gasteiger partial charge is 0.338 e. The zero-order chi connectivity index (χ0) is 16.9. The first-order chi connectivity index (χ1) is 10.8. The van der Waals surface area contributed by atoms with Crippen molar-refractivity contribution in [1.82, 2.24) is 5.32 Å². The molecule has 0 heterocycles. The molecule has 0 spiro atoms. The number of hydrogen-bond donors (Lipinski definition) is 3. The van der Waals surface area contributed by atoms with Crippen molar-refractivity contribution in [3.63, 3.8) is 0 Å². The maximum absolute atomic E-state index is 11.8. The SMILES string of the molecule is Cc1cccc(CCNC(=O)Nc2ccc(S(=O)(=O)O)cc2)c1. The summed E-state index contributed by atoms with van der Waals surface area (Å²) in [6, 6.07) is 12.9. The molecule has 2 amide bonds. The van der Waals surface area contributed by atoms with E-state index in [2.05, 4.69) is 16.7 Å². The predicted molar refractivity (Wildman–Crippen MR) is 88.2 cm³/mol. The van der Waals surface area contributed by atoms with Gasteiger partial charge in [-0.1, -0.05) is 29.8 Å². The number of urea groups is 1. The van der Waals surface area contributed by atoms with E-state index in [1.165, 1.54) is 29.8 Å². The lowest BCUT2D eigenvalue weighted by Gasteiger charge is -2.08. The number of nitrogens with one attached hydrogen (secondary N) is 2. The summed E-state index contributed by atoms with van der Waals surface area (Å²) >= 11 is 0. The van der Waals surface area contributed by atoms with E-state index in [1.54, 1.807) is 0 Å². The zero-order valence-electron chi connectivity index (χ0n) is 12.6. The maximum atomic E-state index is 11.8. The van der Waals surface area contributed by atoms with Crippen molar-refractivity contribution in [1.29, 1.82) is 0 Å². The number of anilines is 1. The summed E-state index contributed by atoms with van der Waals surface area (Å²) in [4.78, 5) is 11.5. The van der Waals surface area contributed by atoms with Crippen LogP contribution in [0.5, 0.6) is 0 Å². The van der Waals surface area contributed by atoms with Crippen LogP contribution in [-0.2, 0) is 16.5 Å². The van der Waals surface area contributed by atoms with Gasteiger partial charge in [-0.15, -0.1) is 0 Å². The molecule has 0 radical (unpaired) electrons. The molecule has 0 aliphatic rings. The first-order valence-corrected chi connectivity index (χ1v) is 8.46. The minimum absolute atomic E-state index is 0.220. The van der Waals surface area contributed by atoms with Crippen LogP contribution in [0.4, 0.5) is 10.5 Å². The van der Waals surface area contributed by atoms with Gasteiger partial charge in [0.15, 0.2) is 0 Å². The van der Waals surface area contributed by atoms with Crippen LogP contribution in [0.2, 0.25) is 0 Å². The molecular weight excluding hydrogens is 316 g/mol. The summed E-state index contributed by atoms with van der Waals surface area (Å²) in [6.07, 6.45) is 0.719. The van der Waals surface area contributed by atoms with E-state index in [4.69, 9.17) is 4.55 Å². The monoisotopic (exact) mass is 334 g/mol. The predicted octanol–water partition coefficient (Wildman–Crippen LogP) is 2.61. The standard InChI is InChI=1S/C16H18N2O4S/c1-12-3-2-4-13(11-12)9-10-17-16(19)18-14-5-7-15(8-6-14)23(20,21)22/h2-8,11H,9-10H2,1H3,(H2,17,18,19)(H,20,21,22). The molecule has 2 aromatic carbocycles. The average molecular weight is 334 g/mol. The molecule has 6 nitrogen and oxygen atoms in total. The summed E-state index contributed by atoms with van der Waals surface area (Å²) < 4.78 is 30.7. The van der Waals surface area contributed by atoms with Gasteiger partial charge in [0.25, 0.3) is 10.1 Å². The molecule has 0 bridgehead atoms. The van der Waals surface area contributed by atoms with Gasteiger partial charge in [0, 0.05) is 12.2 Å². The summed E-state index contributed by atoms with van der Waals surface area (Å²) in [5.74, 6) is 0. The number of carbonyl (C=O) groups is 1. The number of hydrogen-bond acceptors (Lipinski definition) is 3. The molecule has 3 N–H and O–H groups in total. The number of aryl methyl sites for hydroxylation is 1. The highest BCUT2D eigenvalue weighted by atomic mass is 32.2. The van der Waals surface area contributed by atoms with E-state index in [9.17, 15) is 13.2 Å². The third kappa shape index (κ3) is 5.39. The van der Waals surface area contributed by atoms with E-state index >= 15 is 0 Å². The van der Waals surface area contributed by atoms with Crippen LogP contribution in [0.3, 0.4) is 0 Å². The second-order valence-electron chi connectivity index (χ2n) is 5.12. The summed E-state index contributed by atoms with van der Waals surface area (Å²) in [7, 11) is -4.22. The third-order valence-electron chi connectivity index (χ3n) is 3.19. The highest BCUT2D eigenvalue weighted by molar-refractivity contribution is 7.85. The fourth-order valence-electron chi connectivity index (χ4n) is 2.07. The Labute approximate surface area is 135 Å². The average Bonchev–Trinajstić information content (AvgIpc) is 2.47. The van der Waals surface area contributed by atoms with Gasteiger partial charge in [0.05, 0.1) is 4.90 Å². The molecule has 2 aromatic rings. The lowest BCUT2D eigenvalue weighted by atomic mass is 10.1. The summed E-state index contributed by atoms with van der Waals surface area (Å²) in [5.41, 5.74) is 2.75. The molecule has 0 atom stereocenters. The van der Waals surface area contributed by atoms with Crippen molar-refractivity contribution >= 4 is 21.8 Å². The molecule has 122 valence electrons. The van der Waals surface area contributed by atoms with Gasteiger partial charge >= 0.3 is 6.03 Å². The molecule has 0 aromatic heterocycles. The van der Waals surface area contributed by atoms with E-state index in [0.29, 0.717) is 12.2 Å². The Hall–Kier alpha value is -2.38. The van der Waals surface area contributed by atoms with Gasteiger partial charge < -0.3 is 10.6 Å². The highest BCUT2D eigenvalue weighted by Gasteiger charge is 2.09. The van der Waals surface area contributed by atoms with Crippen LogP contribution in [0.25, 0.3) is 0 Å². The fourth-order valence-corrected chi connectivity index (χ4v) is 2.55. The van der Waals surface area contributed by atoms with Gasteiger partial charge in [-0.25, -0.2) is 4.79 Å². The first kappa shape index (κ1) is 17.0. The van der Waals surface area contributed by atoms with Crippen molar-refractivity contribution in [2.24, 2.45) is 0 Å². The minimum atomic E-state index is -4.22. The van der Waals surface area contributed by atoms with E-state index < -0.39 is 10.1 Å². The van der Waals surface area contributed by atoms with Crippen LogP contribution in [-0.4, -0.2) is 25.5 Å². The number of benzene rings is 2. The first-order valence-electron chi connectivity index (χ1n) is 7.02. The van der Waals surface area contributed by atoms with Gasteiger partial charge in [0.2, 0.25) is 0 Å². The molecule has 7 heteroatoms. The van der Waals surface area contributed by atoms with Gasteiger partial charge in [0.1, 0.15) is 0 Å². The highest BCUT2D eigenvalue weighted by Crippen LogP contribution is 2.13. The van der Waals surface area contributed by atoms with Gasteiger partial charge in [-0.05, 0) is 43.2 Å². The van der Waals surface area contributed by atoms with Gasteiger partial charge in [-0.2, -0.15) is 8.42 Å². The van der Waals surface area contributed by atoms with Crippen molar-refractivity contribution < 1.29 is 17.8 Å². The quantitative estimate of drug-likeness (QED) is 0.732. The minimum Gasteiger partial charge on any atom is -0.338 e. The molecule has 0 saturated heterocycles. The van der Waals surface area contributed by atoms with Crippen LogP contribution in [0.1, 0.15) is 11.1 Å². The number of rotatable bonds is 5. The Kier molecular flexibility index (Phi) is 5.36. The molecular formula is C16H18N2O4S. The van der Waals surface area contributed by atoms with Crippen molar-refractivity contribution in [2.75, 3.05) is 11.9 Å². The molecule has 23 heavy (non-hydrogen) atoms. The lowest BCUT2D eigenvalue weighted by molar-refractivity contribution is 0.252. The Morgan fingerprint density at radius 3 is 2.43 bits per heavy atom. The van der Waals surface area contributed by atoms with Crippen molar-refractivity contribution in [3.05, 3.63) is 59.7 Å². The van der Waals surface area contributed by atoms with E-state index in [1.807, 2.05) is 25.1 Å². The Bertz CT molecular complexity index is 786. The third-order valence-corrected chi connectivity index (χ3v) is 4.06. The Morgan fingerprint density at radius 2 is 1.83 bits per heavy atom. The normalized spacial score (nSPS) is 11.0. The van der Waals surface area contributed by atoms with E-state index in [-0.39, 0.29) is 10.9 Å². The number of carbonyl (C=O) groups excluding carboxylic acids is 1. The Morgan fingerprint density at radius 1 is 1.13 bits per heavy atom. The molecule has 0 aliphatic carbocycles. The Balaban J connectivity index is 1.83. The summed E-state index contributed by atoms with van der Waals surface area (Å²) in [5, 5.41) is 5.32. The lowest BCUT2D eigenvalue weighted by Crippen LogP contribution is -2.30. The molecule has 0 unspecified atom stereocenters. The van der Waals surface area contributed by atoms with Crippen LogP contribution >= 0.6 is 0 Å². The summed E-state index contributed by atoms with van der Waals surface area (Å²) in [6.45, 7) is 2.50. The molecule has 2 rings (SSSR count). The molecule has 0 saturated carbocycles. The second-order valence-corrected chi connectivity index (χ2v) is 6.54. The smallest absolute Gasteiger partial charge is 0.319 e. The van der Waals surface area contributed by atoms with E-state index in [0.717, 1.165) is 12.0 Å². The van der Waals surface area contributed by atoms with Gasteiger partial charge in [-0.3, -0.25) is 4.55 Å². The van der Waals surface area contributed by atoms with Crippen molar-refractivity contribution in [3.8, 4) is 0 Å². The molecule has 0 aliphatic heterocycles. The molecule has 0 fully saturated rings. The number of amides is 2. The van der Waals surface area contributed by atoms with Crippen LogP contribution in [0, 0.1) is 6.92 Å². The fraction of sp³-hybridized carbons (Fsp3) is 0.188. The van der Waals surface area contributed by atoms with Crippen LogP contribution < -0.4 is 10.6 Å². The van der Waals surface area contributed by atoms with Crippen LogP contribution in [0.15, 0.2) is 53.4 Å². The van der Waals surface area contributed by atoms with Crippen molar-refractivity contribution in [2.45, 2.75) is 18.2 Å². The zero-order valence-corrected chi connectivity index (χ0v) is 13.4. The topological polar surface area (TPSA) is 95.5 Å². The maximum Gasteiger partial charge on any atom is 0.319 e. The second kappa shape index (κ2) is 7.26.